The Balaban J connectivity index is 1.08. The summed E-state index contributed by atoms with van der Waals surface area (Å²) in [4.78, 5) is 150. The first kappa shape index (κ1) is 64.8. The van der Waals surface area contributed by atoms with Gasteiger partial charge in [0.15, 0.2) is 11.9 Å². The highest BCUT2D eigenvalue weighted by Gasteiger charge is 2.44. The van der Waals surface area contributed by atoms with E-state index in [1.54, 1.807) is 78.9 Å². The second-order valence-corrected chi connectivity index (χ2v) is 21.0. The van der Waals surface area contributed by atoms with E-state index in [4.69, 9.17) is 28.7 Å². The number of carbonyl (C=O) groups excluding carboxylic acids is 9. The fourth-order valence-corrected chi connectivity index (χ4v) is 10.6. The number of aliphatic hydroxyl groups is 1. The quantitative estimate of drug-likeness (QED) is 0.0143. The van der Waals surface area contributed by atoms with Gasteiger partial charge in [0.1, 0.15) is 48.3 Å². The highest BCUT2D eigenvalue weighted by atomic mass is 16.4. The van der Waals surface area contributed by atoms with Gasteiger partial charge in [-0.05, 0) is 87.5 Å². The molecule has 3 aliphatic heterocycles. The summed E-state index contributed by atoms with van der Waals surface area (Å²) >= 11 is 0. The number of guanidine groups is 2. The summed E-state index contributed by atoms with van der Waals surface area (Å²) in [5.74, 6) is -7.94. The number of aliphatic imine (C=N–C) groups is 2. The van der Waals surface area contributed by atoms with Crippen molar-refractivity contribution in [3.63, 3.8) is 0 Å². The number of nitrogens with two attached hydrogens (primary N) is 5. The van der Waals surface area contributed by atoms with Gasteiger partial charge >= 0.3 is 5.97 Å². The predicted octanol–water partition coefficient (Wildman–Crippen LogP) is -2.93. The normalized spacial score (nSPS) is 18.1. The number of aliphatic hydroxyl groups excluding tert-OH is 1. The maximum absolute atomic E-state index is 14.4. The number of hydrogen-bond donors (Lipinski definition) is 13. The van der Waals surface area contributed by atoms with Gasteiger partial charge in [-0.15, -0.1) is 0 Å². The first-order chi connectivity index (χ1) is 40.8. The third-order valence-electron chi connectivity index (χ3n) is 14.9. The van der Waals surface area contributed by atoms with E-state index in [1.165, 1.54) is 20.8 Å². The van der Waals surface area contributed by atoms with Crippen LogP contribution in [-0.2, 0) is 56.0 Å². The van der Waals surface area contributed by atoms with Crippen LogP contribution in [0.4, 0.5) is 5.69 Å². The molecule has 9 amide bonds. The number of likely N-dealkylation sites (tertiary alicyclic amines) is 3. The average molecular weight is 1180 g/mol. The molecule has 0 unspecified atom stereocenters. The fourth-order valence-electron chi connectivity index (χ4n) is 10.6. The minimum atomic E-state index is -1.61. The zero-order valence-electron chi connectivity index (χ0n) is 47.2. The molecule has 0 aromatic heterocycles. The highest BCUT2D eigenvalue weighted by Crippen LogP contribution is 2.27. The van der Waals surface area contributed by atoms with Gasteiger partial charge < -0.3 is 85.5 Å². The number of nitrogens with one attached hydrogen (secondary N) is 6. The van der Waals surface area contributed by atoms with E-state index in [9.17, 15) is 58.2 Å². The van der Waals surface area contributed by atoms with Crippen LogP contribution in [0.2, 0.25) is 0 Å². The maximum Gasteiger partial charge on any atom is 0.326 e. The summed E-state index contributed by atoms with van der Waals surface area (Å²) in [6.07, 6.45) is 2.41. The molecule has 3 fully saturated rings. The lowest BCUT2D eigenvalue weighted by molar-refractivity contribution is -0.147. The zero-order valence-corrected chi connectivity index (χ0v) is 47.2. The zero-order chi connectivity index (χ0) is 61.6. The van der Waals surface area contributed by atoms with Crippen LogP contribution in [0.1, 0.15) is 85.7 Å². The summed E-state index contributed by atoms with van der Waals surface area (Å²) in [6.45, 7) is -0.836. The van der Waals surface area contributed by atoms with Crippen molar-refractivity contribution in [2.24, 2.45) is 32.9 Å². The molecule has 18 N–H and O–H groups in total. The Morgan fingerprint density at radius 3 is 1.55 bits per heavy atom. The van der Waals surface area contributed by atoms with Crippen molar-refractivity contribution in [1.29, 1.82) is 0 Å². The highest BCUT2D eigenvalue weighted by molar-refractivity contribution is 6.02. The number of hydrogen-bond acceptors (Lipinski definition) is 14. The molecule has 6 rings (SSSR count). The summed E-state index contributed by atoms with van der Waals surface area (Å²) < 4.78 is 0. The molecule has 0 aliphatic carbocycles. The minimum Gasteiger partial charge on any atom is -0.480 e. The van der Waals surface area contributed by atoms with E-state index in [0.717, 1.165) is 0 Å². The smallest absolute Gasteiger partial charge is 0.326 e. The lowest BCUT2D eigenvalue weighted by atomic mass is 10.0. The monoisotopic (exact) mass is 1180 g/mol. The number of para-hydroxylation sites is 1. The van der Waals surface area contributed by atoms with Crippen LogP contribution in [-0.4, -0.2) is 190 Å². The van der Waals surface area contributed by atoms with Crippen LogP contribution in [0.25, 0.3) is 0 Å². The van der Waals surface area contributed by atoms with E-state index >= 15 is 0 Å². The molecule has 3 aromatic carbocycles. The Morgan fingerprint density at radius 1 is 0.541 bits per heavy atom. The molecule has 458 valence electrons. The molecule has 85 heavy (non-hydrogen) atoms. The van der Waals surface area contributed by atoms with Crippen LogP contribution in [0, 0.1) is 0 Å². The van der Waals surface area contributed by atoms with Crippen molar-refractivity contribution < 1.29 is 58.2 Å². The minimum absolute atomic E-state index is 0.0307. The Bertz CT molecular complexity index is 2910. The third kappa shape index (κ3) is 18.8. The van der Waals surface area contributed by atoms with Gasteiger partial charge in [-0.3, -0.25) is 53.1 Å². The number of benzene rings is 3. The first-order valence-corrected chi connectivity index (χ1v) is 28.3. The maximum atomic E-state index is 14.4. The van der Waals surface area contributed by atoms with E-state index in [2.05, 4.69) is 41.9 Å². The van der Waals surface area contributed by atoms with Gasteiger partial charge in [-0.25, -0.2) is 4.79 Å². The second kappa shape index (κ2) is 31.9. The average Bonchev–Trinajstić information content (AvgIpc) is 2.61. The van der Waals surface area contributed by atoms with Gasteiger partial charge in [0, 0.05) is 51.3 Å². The number of carboxylic acid groups (broad SMARTS) is 1. The molecule has 3 aromatic rings. The van der Waals surface area contributed by atoms with E-state index in [-0.39, 0.29) is 101 Å². The molecule has 0 bridgehead atoms. The number of carbonyl (C=O) groups is 10. The number of amides is 9. The molecule has 0 spiro atoms. The number of nitrogens with zero attached hydrogens (tertiary/aromatic N) is 5. The summed E-state index contributed by atoms with van der Waals surface area (Å²) in [5, 5.41) is 36.2. The largest absolute Gasteiger partial charge is 0.480 e. The van der Waals surface area contributed by atoms with Crippen molar-refractivity contribution >= 4 is 76.7 Å². The van der Waals surface area contributed by atoms with Gasteiger partial charge in [0.05, 0.1) is 18.7 Å². The Morgan fingerprint density at radius 2 is 1.01 bits per heavy atom. The van der Waals surface area contributed by atoms with Gasteiger partial charge in [-0.1, -0.05) is 72.8 Å². The number of carboxylic acids is 1. The number of nitrogen functional groups attached to an aromatic ring is 1. The van der Waals surface area contributed by atoms with Crippen LogP contribution < -0.4 is 60.6 Å². The summed E-state index contributed by atoms with van der Waals surface area (Å²) in [6, 6.07) is 13.8. The van der Waals surface area contributed by atoms with E-state index in [1.807, 2.05) is 0 Å². The van der Waals surface area contributed by atoms with Crippen molar-refractivity contribution in [2.45, 2.75) is 125 Å². The molecule has 28 heteroatoms. The van der Waals surface area contributed by atoms with Crippen molar-refractivity contribution in [3.8, 4) is 0 Å². The van der Waals surface area contributed by atoms with Crippen LogP contribution in [0.15, 0.2) is 94.9 Å². The molecule has 28 nitrogen and oxygen atoms in total. The van der Waals surface area contributed by atoms with Gasteiger partial charge in [0.2, 0.25) is 47.3 Å². The number of aliphatic carboxylic acids is 1. The van der Waals surface area contributed by atoms with E-state index < -0.39 is 121 Å². The van der Waals surface area contributed by atoms with Crippen molar-refractivity contribution in [1.82, 2.24) is 46.6 Å². The number of anilines is 1. The molecular weight excluding hydrogens is 1100 g/mol. The summed E-state index contributed by atoms with van der Waals surface area (Å²) in [5.41, 5.74) is 29.4. The predicted molar refractivity (Wildman–Crippen MR) is 312 cm³/mol. The van der Waals surface area contributed by atoms with Gasteiger partial charge in [0.25, 0.3) is 5.91 Å². The van der Waals surface area contributed by atoms with E-state index in [0.29, 0.717) is 43.2 Å². The molecule has 3 saturated heterocycles. The lowest BCUT2D eigenvalue weighted by Gasteiger charge is -2.33. The lowest BCUT2D eigenvalue weighted by Crippen LogP contribution is -2.60. The topological polar surface area (TPSA) is 448 Å². The fraction of sp³-hybridized carbons (Fsp3) is 0.474. The molecular formula is C57H78N16O12. The summed E-state index contributed by atoms with van der Waals surface area (Å²) in [7, 11) is 0. The van der Waals surface area contributed by atoms with Crippen LogP contribution in [0.5, 0.6) is 0 Å². The molecule has 0 saturated carbocycles. The molecule has 8 atom stereocenters. The Labute approximate surface area is 491 Å². The first-order valence-electron chi connectivity index (χ1n) is 28.3. The van der Waals surface area contributed by atoms with Crippen LogP contribution in [0.3, 0.4) is 0 Å². The Hall–Kier alpha value is -9.34. The molecule has 0 radical (unpaired) electrons. The SMILES string of the molecule is NC(N)=NCCC[C@H](NC(=O)[C@H](Cc1ccccc1)NC(=O)[C@@H]1CCCN1C(=O)[C@H](CO)NC(=O)[C@H](Cc1ccccc1)NC(=O)CNC(=O)[C@@H]1CCCN1C(=O)[C@@H]1CCCN1C(=O)[C@H](CCCN=C(N)N)NC(=O)c1ccccc1N)C(=O)O. The second-order valence-electron chi connectivity index (χ2n) is 21.0. The van der Waals surface area contributed by atoms with Crippen molar-refractivity contribution in [3.05, 3.63) is 102 Å². The Kier molecular flexibility index (Phi) is 24.3. The van der Waals surface area contributed by atoms with Crippen molar-refractivity contribution in [2.75, 3.05) is 51.6 Å². The molecule has 3 heterocycles. The molecule has 3 aliphatic rings. The van der Waals surface area contributed by atoms with Crippen LogP contribution >= 0.6 is 0 Å². The van der Waals surface area contributed by atoms with Gasteiger partial charge in [-0.2, -0.15) is 0 Å². The number of rotatable bonds is 29. The third-order valence-corrected chi connectivity index (χ3v) is 14.9. The standard InChI is InChI=1S/C57H78N16O12/c58-37-19-8-7-18-36(37)47(76)67-38(20-9-25-63-56(59)60)52(81)73-29-13-24-45(73)54(83)72-28-11-22-43(72)50(79)65-32-46(75)66-40(30-34-14-3-1-4-15-34)48(77)70-42(33-74)53(82)71-27-12-23-44(71)51(80)69-41(31-35-16-5-2-6-17-35)49(78)68-39(55(84)85)21-10-26-64-57(61)62/h1-8,14-19,38-45,74H,9-13,20-33,58H2,(H,65,79)(H,66,75)(H,67,76)(H,68,78)(H,69,80)(H,70,77)(H,84,85)(H4,59,60,63)(H4,61,62,64)/t38-,39-,40-,41-,42-,43-,44-,45-/m0/s1.